The Morgan fingerprint density at radius 3 is 2.33 bits per heavy atom. The maximum absolute atomic E-state index is 11.2. The molecule has 42 heavy (non-hydrogen) atoms. The smallest absolute Gasteiger partial charge is 0.222 e. The lowest BCUT2D eigenvalue weighted by molar-refractivity contribution is 0.148. The second-order valence-electron chi connectivity index (χ2n) is 11.3. The predicted molar refractivity (Wildman–Crippen MR) is 171 cm³/mol. The van der Waals surface area contributed by atoms with Crippen molar-refractivity contribution in [1.82, 2.24) is 24.8 Å². The first-order chi connectivity index (χ1) is 20.4. The second kappa shape index (κ2) is 12.1. The van der Waals surface area contributed by atoms with Gasteiger partial charge in [0.2, 0.25) is 5.95 Å². The third-order valence-electron chi connectivity index (χ3n) is 7.65. The van der Waals surface area contributed by atoms with Crippen LogP contribution >= 0.6 is 0 Å². The summed E-state index contributed by atoms with van der Waals surface area (Å²) >= 11 is 0. The summed E-state index contributed by atoms with van der Waals surface area (Å²) in [4.78, 5) is 22.0. The Morgan fingerprint density at radius 1 is 0.929 bits per heavy atom. The van der Waals surface area contributed by atoms with E-state index in [1.807, 2.05) is 60.9 Å². The van der Waals surface area contributed by atoms with Crippen molar-refractivity contribution < 1.29 is 5.11 Å². The summed E-state index contributed by atoms with van der Waals surface area (Å²) in [5.41, 5.74) is 7.11. The van der Waals surface area contributed by atoms with Gasteiger partial charge in [0.1, 0.15) is 0 Å². The molecular weight excluding hydrogens is 522 g/mol. The normalized spacial score (nSPS) is 15.0. The molecule has 214 valence electrons. The zero-order valence-corrected chi connectivity index (χ0v) is 24.4. The van der Waals surface area contributed by atoms with E-state index in [-0.39, 0.29) is 11.9 Å². The van der Waals surface area contributed by atoms with E-state index < -0.39 is 0 Å². The van der Waals surface area contributed by atoms with Crippen molar-refractivity contribution >= 4 is 28.3 Å². The van der Waals surface area contributed by atoms with Crippen LogP contribution in [0.5, 0.6) is 5.88 Å². The van der Waals surface area contributed by atoms with Crippen LogP contribution in [-0.4, -0.2) is 74.8 Å². The average Bonchev–Trinajstić information content (AvgIpc) is 3.33. The van der Waals surface area contributed by atoms with Gasteiger partial charge in [0.15, 0.2) is 5.88 Å². The molecule has 8 nitrogen and oxygen atoms in total. The van der Waals surface area contributed by atoms with Gasteiger partial charge in [-0.1, -0.05) is 54.6 Å². The standard InChI is InChI=1S/C34H37N7O/c1-23(2)37-34-35-20-27(21-36-34)26-11-14-29-30(19-26)39-33(42)31(29)32(25-7-5-4-6-8-25)38-28-12-9-24(10-13-28)22-41-17-15-40(3)16-18-41/h4-14,19-21,23,39,42H,15-18,22H2,1-3H3,(H,35,36,37). The first kappa shape index (κ1) is 27.6. The van der Waals surface area contributed by atoms with Gasteiger partial charge in [0.05, 0.1) is 17.0 Å². The van der Waals surface area contributed by atoms with Crippen molar-refractivity contribution in [3.05, 3.63) is 102 Å². The summed E-state index contributed by atoms with van der Waals surface area (Å²) in [6.45, 7) is 9.43. The first-order valence-electron chi connectivity index (χ1n) is 14.5. The maximum atomic E-state index is 11.2. The summed E-state index contributed by atoms with van der Waals surface area (Å²) in [7, 11) is 2.18. The van der Waals surface area contributed by atoms with Crippen LogP contribution in [0.3, 0.4) is 0 Å². The maximum Gasteiger partial charge on any atom is 0.222 e. The molecule has 0 radical (unpaired) electrons. The highest BCUT2D eigenvalue weighted by Gasteiger charge is 2.20. The van der Waals surface area contributed by atoms with E-state index in [1.54, 1.807) is 0 Å². The van der Waals surface area contributed by atoms with Crippen LogP contribution in [0.1, 0.15) is 30.5 Å². The minimum Gasteiger partial charge on any atom is -0.494 e. The number of aromatic amines is 1. The molecule has 6 rings (SSSR count). The topological polar surface area (TPSA) is 92.7 Å². The molecule has 2 aromatic heterocycles. The van der Waals surface area contributed by atoms with E-state index in [1.165, 1.54) is 5.56 Å². The van der Waals surface area contributed by atoms with Crippen LogP contribution in [0.4, 0.5) is 11.6 Å². The number of hydrogen-bond acceptors (Lipinski definition) is 7. The number of H-pyrrole nitrogens is 1. The Balaban J connectivity index is 1.32. The van der Waals surface area contributed by atoms with Crippen LogP contribution in [0.15, 0.2) is 90.2 Å². The van der Waals surface area contributed by atoms with Gasteiger partial charge in [-0.15, -0.1) is 0 Å². The number of benzene rings is 3. The Kier molecular flexibility index (Phi) is 7.99. The fourth-order valence-corrected chi connectivity index (χ4v) is 5.34. The Labute approximate surface area is 246 Å². The zero-order chi connectivity index (χ0) is 29.1. The minimum absolute atomic E-state index is 0.0872. The summed E-state index contributed by atoms with van der Waals surface area (Å²) in [6, 6.07) is 24.8. The number of nitrogens with one attached hydrogen (secondary N) is 2. The van der Waals surface area contributed by atoms with Gasteiger partial charge in [-0.2, -0.15) is 0 Å². The van der Waals surface area contributed by atoms with Crippen LogP contribution < -0.4 is 5.32 Å². The van der Waals surface area contributed by atoms with Crippen LogP contribution in [-0.2, 0) is 6.54 Å². The lowest BCUT2D eigenvalue weighted by atomic mass is 9.99. The molecule has 0 unspecified atom stereocenters. The Bertz CT molecular complexity index is 1670. The molecule has 5 aromatic rings. The van der Waals surface area contributed by atoms with Crippen molar-refractivity contribution in [2.24, 2.45) is 4.99 Å². The highest BCUT2D eigenvalue weighted by molar-refractivity contribution is 6.22. The van der Waals surface area contributed by atoms with Crippen molar-refractivity contribution in [3.8, 4) is 17.0 Å². The van der Waals surface area contributed by atoms with Crippen LogP contribution in [0, 0.1) is 0 Å². The van der Waals surface area contributed by atoms with Gasteiger partial charge in [-0.05, 0) is 50.2 Å². The predicted octanol–water partition coefficient (Wildman–Crippen LogP) is 6.07. The molecule has 0 spiro atoms. The molecule has 3 heterocycles. The Morgan fingerprint density at radius 2 is 1.64 bits per heavy atom. The Hall–Kier alpha value is -4.53. The lowest BCUT2D eigenvalue weighted by Crippen LogP contribution is -2.43. The molecule has 1 aliphatic rings. The van der Waals surface area contributed by atoms with E-state index in [2.05, 4.69) is 75.2 Å². The quantitative estimate of drug-likeness (QED) is 0.200. The number of aromatic nitrogens is 3. The number of fused-ring (bicyclic) bond motifs is 1. The molecule has 1 fully saturated rings. The average molecular weight is 560 g/mol. The van der Waals surface area contributed by atoms with Crippen molar-refractivity contribution in [2.75, 3.05) is 38.5 Å². The molecular formula is C34H37N7O. The van der Waals surface area contributed by atoms with E-state index in [0.29, 0.717) is 17.2 Å². The van der Waals surface area contributed by atoms with E-state index in [4.69, 9.17) is 4.99 Å². The summed E-state index contributed by atoms with van der Waals surface area (Å²) in [6.07, 6.45) is 3.62. The highest BCUT2D eigenvalue weighted by atomic mass is 16.3. The molecule has 0 bridgehead atoms. The SMILES string of the molecule is CC(C)Nc1ncc(-c2ccc3c(C(=Nc4ccc(CN5CCN(C)CC5)cc4)c4ccccc4)c(O)[nH]c3c2)cn1. The summed E-state index contributed by atoms with van der Waals surface area (Å²) < 4.78 is 0. The van der Waals surface area contributed by atoms with Crippen molar-refractivity contribution in [3.63, 3.8) is 0 Å². The number of hydrogen-bond donors (Lipinski definition) is 3. The van der Waals surface area contributed by atoms with E-state index >= 15 is 0 Å². The number of aromatic hydroxyl groups is 1. The van der Waals surface area contributed by atoms with Gasteiger partial charge in [-0.3, -0.25) is 4.90 Å². The number of rotatable bonds is 8. The second-order valence-corrected chi connectivity index (χ2v) is 11.3. The molecule has 0 atom stereocenters. The van der Waals surface area contributed by atoms with Crippen LogP contribution in [0.2, 0.25) is 0 Å². The number of likely N-dealkylation sites (N-methyl/N-ethyl adjacent to an activating group) is 1. The number of aliphatic imine (C=N–C) groups is 1. The van der Waals surface area contributed by atoms with Gasteiger partial charge in [0.25, 0.3) is 0 Å². The fraction of sp³-hybridized carbons (Fsp3) is 0.265. The molecule has 0 saturated carbocycles. The lowest BCUT2D eigenvalue weighted by Gasteiger charge is -2.32. The zero-order valence-electron chi connectivity index (χ0n) is 24.4. The number of nitrogens with zero attached hydrogens (tertiary/aromatic N) is 5. The largest absolute Gasteiger partial charge is 0.494 e. The van der Waals surface area contributed by atoms with Crippen LogP contribution in [0.25, 0.3) is 22.0 Å². The molecule has 8 heteroatoms. The van der Waals surface area contributed by atoms with Gasteiger partial charge < -0.3 is 20.3 Å². The van der Waals surface area contributed by atoms with E-state index in [0.717, 1.165) is 66.0 Å². The summed E-state index contributed by atoms with van der Waals surface area (Å²) in [5.74, 6) is 0.690. The minimum atomic E-state index is 0.0872. The molecule has 0 amide bonds. The third kappa shape index (κ3) is 6.20. The fourth-order valence-electron chi connectivity index (χ4n) is 5.34. The van der Waals surface area contributed by atoms with E-state index in [9.17, 15) is 5.11 Å². The number of piperazine rings is 1. The molecule has 1 saturated heterocycles. The number of anilines is 1. The van der Waals surface area contributed by atoms with Gasteiger partial charge in [-0.25, -0.2) is 15.0 Å². The third-order valence-corrected chi connectivity index (χ3v) is 7.65. The molecule has 0 aliphatic carbocycles. The van der Waals surface area contributed by atoms with Gasteiger partial charge >= 0.3 is 0 Å². The molecule has 3 aromatic carbocycles. The monoisotopic (exact) mass is 559 g/mol. The first-order valence-corrected chi connectivity index (χ1v) is 14.5. The molecule has 1 aliphatic heterocycles. The van der Waals surface area contributed by atoms with Crippen molar-refractivity contribution in [2.45, 2.75) is 26.4 Å². The molecule has 3 N–H and O–H groups in total. The highest BCUT2D eigenvalue weighted by Crippen LogP contribution is 2.34. The summed E-state index contributed by atoms with van der Waals surface area (Å²) in [5, 5.41) is 15.3. The van der Waals surface area contributed by atoms with Gasteiger partial charge in [0, 0.05) is 73.2 Å². The van der Waals surface area contributed by atoms with Crippen molar-refractivity contribution in [1.29, 1.82) is 0 Å².